The van der Waals surface area contributed by atoms with Crippen molar-refractivity contribution in [1.82, 2.24) is 26.2 Å². The van der Waals surface area contributed by atoms with Gasteiger partial charge in [-0.15, -0.1) is 0 Å². The maximum atomic E-state index is 11.1. The largest absolute Gasteiger partial charge is 0.397 e. The molecule has 3 aliphatic heterocycles. The number of benzene rings is 5. The second-order valence-corrected chi connectivity index (χ2v) is 16.2. The van der Waals surface area contributed by atoms with E-state index >= 15 is 0 Å². The van der Waals surface area contributed by atoms with E-state index in [-0.39, 0.29) is 34.1 Å². The number of H-pyrrole nitrogens is 1. The summed E-state index contributed by atoms with van der Waals surface area (Å²) >= 11 is 0. The van der Waals surface area contributed by atoms with Gasteiger partial charge in [-0.25, -0.2) is 21.3 Å². The van der Waals surface area contributed by atoms with Crippen LogP contribution in [0.15, 0.2) is 97.6 Å². The SMILES string of the molecule is C=C(C)c1ccc(N)c([N+](=O)[O-])c1.Nc1cc(N2CCCCN2)ccc1[N+](=O)[O-].Nc1ccc(-c2nc3ccc(N4CCCCN4)cc3[nH]2)cc1[N+](=O)[O-].Nc1ccc(N2CCCCN2)cc1N. The standard InChI is InChI=1S/C17H18N6O2.C10H14N4O2.C10H16N4.C9H10N2O2/c18-13-5-3-11(9-16(13)23(24)25)17-20-14-6-4-12(10-15(14)21-17)22-8-2-1-7-19-22;11-9-7-8(3-4-10(9)14(15)16)13-6-2-1-5-12-13;11-9-4-3-8(7-10(9)12)14-6-2-1-5-13-14;1-6(2)7-3-4-8(10)9(5-7)11(12)13/h3-6,9-10,19H,1-2,7-8,18H2,(H,20,21);3-4,7,12H,1-2,5-6,11H2;3-4,7,13H,1-2,5-6,11-12H2;3-5H,1,10H2,2H3. The molecular weight excluding hydrogens is 873 g/mol. The first-order valence-electron chi connectivity index (χ1n) is 22.1. The van der Waals surface area contributed by atoms with Crippen LogP contribution in [0.25, 0.3) is 28.0 Å². The molecule has 3 fully saturated rings. The second kappa shape index (κ2) is 22.8. The van der Waals surface area contributed by atoms with Crippen molar-refractivity contribution >= 4 is 79.2 Å². The van der Waals surface area contributed by atoms with Gasteiger partial charge in [-0.1, -0.05) is 18.2 Å². The van der Waals surface area contributed by atoms with Crippen molar-refractivity contribution in [3.05, 3.63) is 133 Å². The van der Waals surface area contributed by atoms with Gasteiger partial charge in [0.15, 0.2) is 0 Å². The molecule has 0 unspecified atom stereocenters. The van der Waals surface area contributed by atoms with Crippen LogP contribution >= 0.6 is 0 Å². The minimum Gasteiger partial charge on any atom is -0.397 e. The Morgan fingerprint density at radius 2 is 1.01 bits per heavy atom. The third kappa shape index (κ3) is 12.8. The number of anilines is 8. The fourth-order valence-corrected chi connectivity index (χ4v) is 7.45. The Kier molecular flexibility index (Phi) is 16.5. The molecule has 22 nitrogen and oxygen atoms in total. The number of nitro benzene ring substituents is 3. The first-order chi connectivity index (χ1) is 32.6. The van der Waals surface area contributed by atoms with E-state index in [2.05, 4.69) is 42.8 Å². The van der Waals surface area contributed by atoms with Crippen LogP contribution in [0.2, 0.25) is 0 Å². The first-order valence-corrected chi connectivity index (χ1v) is 22.1. The summed E-state index contributed by atoms with van der Waals surface area (Å²) < 4.78 is 0. The number of hydrogen-bond donors (Lipinski definition) is 9. The Balaban J connectivity index is 0.000000156. The van der Waals surface area contributed by atoms with Crippen LogP contribution in [0, 0.1) is 30.3 Å². The van der Waals surface area contributed by atoms with Crippen LogP contribution in [-0.4, -0.2) is 64.0 Å². The molecule has 9 rings (SSSR count). The van der Waals surface area contributed by atoms with Crippen molar-refractivity contribution in [2.45, 2.75) is 45.4 Å². The van der Waals surface area contributed by atoms with Gasteiger partial charge >= 0.3 is 0 Å². The molecule has 1 aromatic heterocycles. The number of fused-ring (bicyclic) bond motifs is 1. The van der Waals surface area contributed by atoms with Crippen LogP contribution in [0.5, 0.6) is 0 Å². The molecular formula is C46H58N16O6. The number of nitrogens with two attached hydrogens (primary N) is 5. The van der Waals surface area contributed by atoms with E-state index in [1.165, 1.54) is 49.6 Å². The number of imidazole rings is 1. The summed E-state index contributed by atoms with van der Waals surface area (Å²) in [6.45, 7) is 11.3. The monoisotopic (exact) mass is 930 g/mol. The Hall–Kier alpha value is -8.21. The van der Waals surface area contributed by atoms with Crippen molar-refractivity contribution in [1.29, 1.82) is 0 Å². The van der Waals surface area contributed by atoms with E-state index in [1.807, 2.05) is 41.4 Å². The molecule has 3 saturated heterocycles. The molecule has 0 amide bonds. The van der Waals surface area contributed by atoms with E-state index in [0.717, 1.165) is 97.8 Å². The summed E-state index contributed by atoms with van der Waals surface area (Å²) in [5.41, 5.74) is 46.5. The Morgan fingerprint density at radius 1 is 0.544 bits per heavy atom. The van der Waals surface area contributed by atoms with Crippen LogP contribution in [-0.2, 0) is 0 Å². The van der Waals surface area contributed by atoms with Crippen molar-refractivity contribution in [2.24, 2.45) is 0 Å². The minimum absolute atomic E-state index is 0.0410. The molecule has 0 bridgehead atoms. The fraction of sp³-hybridized carbons (Fsp3) is 0.283. The minimum atomic E-state index is -0.498. The molecule has 0 saturated carbocycles. The smallest absolute Gasteiger partial charge is 0.292 e. The zero-order chi connectivity index (χ0) is 48.9. The molecule has 4 heterocycles. The Labute approximate surface area is 392 Å². The lowest BCUT2D eigenvalue weighted by Gasteiger charge is -2.29. The zero-order valence-corrected chi connectivity index (χ0v) is 37.8. The van der Waals surface area contributed by atoms with E-state index in [1.54, 1.807) is 31.2 Å². The van der Waals surface area contributed by atoms with Gasteiger partial charge in [-0.3, -0.25) is 30.3 Å². The third-order valence-corrected chi connectivity index (χ3v) is 11.2. The summed E-state index contributed by atoms with van der Waals surface area (Å²) in [6, 6.07) is 25.9. The zero-order valence-electron chi connectivity index (χ0n) is 37.8. The lowest BCUT2D eigenvalue weighted by atomic mass is 10.1. The molecule has 22 heteroatoms. The first kappa shape index (κ1) is 49.2. The Morgan fingerprint density at radius 3 is 1.50 bits per heavy atom. The number of rotatable bonds is 8. The average Bonchev–Trinajstić information content (AvgIpc) is 3.78. The number of nitro groups is 3. The highest BCUT2D eigenvalue weighted by Gasteiger charge is 2.18. The molecule has 358 valence electrons. The van der Waals surface area contributed by atoms with Crippen LogP contribution < -0.4 is 60.0 Å². The summed E-state index contributed by atoms with van der Waals surface area (Å²) in [5.74, 6) is 0.585. The molecule has 6 aromatic rings. The lowest BCUT2D eigenvalue weighted by Crippen LogP contribution is -2.43. The van der Waals surface area contributed by atoms with Gasteiger partial charge in [0.25, 0.3) is 17.1 Å². The van der Waals surface area contributed by atoms with E-state index in [0.29, 0.717) is 22.8 Å². The van der Waals surface area contributed by atoms with Gasteiger partial charge in [-0.05, 0) is 118 Å². The van der Waals surface area contributed by atoms with Gasteiger partial charge < -0.3 is 48.7 Å². The van der Waals surface area contributed by atoms with Crippen molar-refractivity contribution in [3.8, 4) is 11.4 Å². The molecule has 0 aliphatic carbocycles. The Bertz CT molecular complexity index is 2750. The van der Waals surface area contributed by atoms with E-state index in [4.69, 9.17) is 28.7 Å². The normalized spacial score (nSPS) is 14.6. The predicted molar refractivity (Wildman–Crippen MR) is 271 cm³/mol. The summed E-state index contributed by atoms with van der Waals surface area (Å²) in [7, 11) is 0. The van der Waals surface area contributed by atoms with Crippen LogP contribution in [0.3, 0.4) is 0 Å². The maximum absolute atomic E-state index is 11.1. The topological polar surface area (TPSA) is 334 Å². The third-order valence-electron chi connectivity index (χ3n) is 11.2. The summed E-state index contributed by atoms with van der Waals surface area (Å²) in [5, 5.41) is 38.4. The van der Waals surface area contributed by atoms with Gasteiger partial charge in [0.05, 0.1) is 54.2 Å². The quantitative estimate of drug-likeness (QED) is 0.0411. The maximum Gasteiger partial charge on any atom is 0.292 e. The molecule has 0 spiro atoms. The van der Waals surface area contributed by atoms with E-state index < -0.39 is 14.8 Å². The highest BCUT2D eigenvalue weighted by atomic mass is 16.6. The molecule has 0 atom stereocenters. The number of allylic oxidation sites excluding steroid dienone is 1. The molecule has 3 aliphatic rings. The number of nitrogen functional groups attached to an aromatic ring is 5. The van der Waals surface area contributed by atoms with Crippen LogP contribution in [0.4, 0.5) is 62.6 Å². The van der Waals surface area contributed by atoms with Gasteiger partial charge in [0.2, 0.25) is 0 Å². The number of nitrogens with one attached hydrogen (secondary N) is 4. The fourth-order valence-electron chi connectivity index (χ4n) is 7.45. The van der Waals surface area contributed by atoms with E-state index in [9.17, 15) is 30.3 Å². The van der Waals surface area contributed by atoms with Crippen LogP contribution in [0.1, 0.15) is 51.0 Å². The van der Waals surface area contributed by atoms with Gasteiger partial charge in [0, 0.05) is 63.0 Å². The average molecular weight is 931 g/mol. The number of nitrogens with zero attached hydrogens (tertiary/aromatic N) is 7. The second-order valence-electron chi connectivity index (χ2n) is 16.2. The highest BCUT2D eigenvalue weighted by molar-refractivity contribution is 5.83. The molecule has 14 N–H and O–H groups in total. The summed E-state index contributed by atoms with van der Waals surface area (Å²) in [6.07, 6.45) is 7.07. The number of aromatic amines is 1. The lowest BCUT2D eigenvalue weighted by molar-refractivity contribution is -0.384. The van der Waals surface area contributed by atoms with Crippen molar-refractivity contribution < 1.29 is 14.8 Å². The highest BCUT2D eigenvalue weighted by Crippen LogP contribution is 2.31. The van der Waals surface area contributed by atoms with Crippen molar-refractivity contribution in [3.63, 3.8) is 0 Å². The number of aromatic nitrogens is 2. The number of hydrazine groups is 3. The van der Waals surface area contributed by atoms with Crippen molar-refractivity contribution in [2.75, 3.05) is 83.0 Å². The molecule has 68 heavy (non-hydrogen) atoms. The van der Waals surface area contributed by atoms with Gasteiger partial charge in [0.1, 0.15) is 22.9 Å². The number of hydrogen-bond acceptors (Lipinski definition) is 18. The molecule has 5 aromatic carbocycles. The summed E-state index contributed by atoms with van der Waals surface area (Å²) in [4.78, 5) is 38.5. The van der Waals surface area contributed by atoms with Gasteiger partial charge in [-0.2, -0.15) is 0 Å². The predicted octanol–water partition coefficient (Wildman–Crippen LogP) is 7.27. The molecule has 0 radical (unpaired) electrons.